The van der Waals surface area contributed by atoms with Crippen LogP contribution in [0.15, 0.2) is 60.0 Å². The summed E-state index contributed by atoms with van der Waals surface area (Å²) in [4.78, 5) is 33.3. The molecule has 5 nitrogen and oxygen atoms in total. The van der Waals surface area contributed by atoms with Crippen molar-refractivity contribution in [3.63, 3.8) is 0 Å². The second kappa shape index (κ2) is 9.68. The number of hydrogen-bond acceptors (Lipinski definition) is 4. The summed E-state index contributed by atoms with van der Waals surface area (Å²) in [6, 6.07) is 16.5. The van der Waals surface area contributed by atoms with Gasteiger partial charge in [-0.2, -0.15) is 0 Å². The van der Waals surface area contributed by atoms with Crippen LogP contribution < -0.4 is 0 Å². The fourth-order valence-corrected chi connectivity index (χ4v) is 5.94. The molecule has 3 aromatic rings. The molecule has 0 saturated carbocycles. The first-order valence-electron chi connectivity index (χ1n) is 11.7. The topological polar surface area (TPSA) is 43.9 Å². The van der Waals surface area contributed by atoms with Gasteiger partial charge < -0.3 is 9.80 Å². The van der Waals surface area contributed by atoms with Crippen molar-refractivity contribution in [1.82, 2.24) is 14.7 Å². The third kappa shape index (κ3) is 4.50. The van der Waals surface area contributed by atoms with Gasteiger partial charge in [0.1, 0.15) is 5.82 Å². The SMILES string of the molecule is Cc1ccccc1[C@H]1c2ccsc2CCN1CC(=O)N1CCN(C(=O)c2cccc(F)c2)CC1. The van der Waals surface area contributed by atoms with Crippen molar-refractivity contribution in [3.8, 4) is 0 Å². The molecule has 2 amide bonds. The monoisotopic (exact) mass is 477 g/mol. The number of fused-ring (bicyclic) bond motifs is 1. The summed E-state index contributed by atoms with van der Waals surface area (Å²) >= 11 is 1.80. The van der Waals surface area contributed by atoms with Crippen LogP contribution in [0.4, 0.5) is 4.39 Å². The standard InChI is InChI=1S/C27H28FN3O2S/c1-19-5-2-3-8-22(19)26-23-10-16-34-24(23)9-11-31(26)18-25(32)29-12-14-30(15-13-29)27(33)20-6-4-7-21(28)17-20/h2-8,10,16-17,26H,9,11-15,18H2,1H3/t26-/m0/s1. The van der Waals surface area contributed by atoms with Crippen molar-refractivity contribution in [2.75, 3.05) is 39.3 Å². The summed E-state index contributed by atoms with van der Waals surface area (Å²) < 4.78 is 13.5. The summed E-state index contributed by atoms with van der Waals surface area (Å²) in [5.74, 6) is -0.513. The highest BCUT2D eigenvalue weighted by Crippen LogP contribution is 2.38. The molecule has 3 heterocycles. The Hall–Kier alpha value is -3.03. The van der Waals surface area contributed by atoms with Crippen molar-refractivity contribution in [2.45, 2.75) is 19.4 Å². The van der Waals surface area contributed by atoms with Crippen molar-refractivity contribution in [2.24, 2.45) is 0 Å². The molecule has 1 aromatic heterocycles. The number of carbonyl (C=O) groups excluding carboxylic acids is 2. The molecule has 7 heteroatoms. The van der Waals surface area contributed by atoms with Crippen LogP contribution in [0, 0.1) is 12.7 Å². The zero-order valence-corrected chi connectivity index (χ0v) is 20.1. The van der Waals surface area contributed by atoms with Gasteiger partial charge in [0.05, 0.1) is 12.6 Å². The van der Waals surface area contributed by atoms with Gasteiger partial charge in [-0.05, 0) is 59.7 Å². The van der Waals surface area contributed by atoms with Crippen LogP contribution in [0.1, 0.15) is 38.0 Å². The van der Waals surface area contributed by atoms with Gasteiger partial charge in [0.2, 0.25) is 5.91 Å². The van der Waals surface area contributed by atoms with Crippen molar-refractivity contribution in [1.29, 1.82) is 0 Å². The Labute approximate surface area is 203 Å². The van der Waals surface area contributed by atoms with E-state index in [1.807, 2.05) is 4.90 Å². The highest BCUT2D eigenvalue weighted by Gasteiger charge is 2.33. The maximum atomic E-state index is 13.5. The smallest absolute Gasteiger partial charge is 0.254 e. The van der Waals surface area contributed by atoms with Gasteiger partial charge in [-0.15, -0.1) is 11.3 Å². The van der Waals surface area contributed by atoms with Crippen LogP contribution in [-0.2, 0) is 11.2 Å². The van der Waals surface area contributed by atoms with Crippen molar-refractivity contribution >= 4 is 23.2 Å². The van der Waals surface area contributed by atoms with Crippen LogP contribution in [0.2, 0.25) is 0 Å². The predicted octanol–water partition coefficient (Wildman–Crippen LogP) is 4.13. The molecule has 0 N–H and O–H groups in total. The number of amides is 2. The average Bonchev–Trinajstić information content (AvgIpc) is 3.33. The Kier molecular flexibility index (Phi) is 6.48. The van der Waals surface area contributed by atoms with E-state index in [0.717, 1.165) is 13.0 Å². The predicted molar refractivity (Wildman–Crippen MR) is 132 cm³/mol. The quantitative estimate of drug-likeness (QED) is 0.568. The van der Waals surface area contributed by atoms with Gasteiger partial charge in [0, 0.05) is 43.2 Å². The first kappa shape index (κ1) is 22.7. The molecule has 176 valence electrons. The zero-order chi connectivity index (χ0) is 23.7. The Balaban J connectivity index is 1.26. The highest BCUT2D eigenvalue weighted by molar-refractivity contribution is 7.10. The summed E-state index contributed by atoms with van der Waals surface area (Å²) in [6.07, 6.45) is 0.957. The minimum absolute atomic E-state index is 0.0796. The third-order valence-electron chi connectivity index (χ3n) is 6.88. The Morgan fingerprint density at radius 1 is 0.941 bits per heavy atom. The lowest BCUT2D eigenvalue weighted by atomic mass is 9.90. The van der Waals surface area contributed by atoms with Gasteiger partial charge in [-0.1, -0.05) is 30.3 Å². The number of aryl methyl sites for hydroxylation is 1. The normalized spacial score (nSPS) is 18.6. The maximum Gasteiger partial charge on any atom is 0.254 e. The van der Waals surface area contributed by atoms with E-state index >= 15 is 0 Å². The molecule has 0 spiro atoms. The number of nitrogens with zero attached hydrogens (tertiary/aromatic N) is 3. The fourth-order valence-electron chi connectivity index (χ4n) is 5.03. The first-order chi connectivity index (χ1) is 16.5. The molecule has 1 saturated heterocycles. The number of benzene rings is 2. The van der Waals surface area contributed by atoms with E-state index in [1.54, 1.807) is 28.4 Å². The Morgan fingerprint density at radius 3 is 2.47 bits per heavy atom. The van der Waals surface area contributed by atoms with E-state index in [2.05, 4.69) is 47.5 Å². The lowest BCUT2D eigenvalue weighted by molar-refractivity contribution is -0.134. The maximum absolute atomic E-state index is 13.5. The van der Waals surface area contributed by atoms with Gasteiger partial charge in [-0.25, -0.2) is 4.39 Å². The molecular formula is C27H28FN3O2S. The van der Waals surface area contributed by atoms with Crippen molar-refractivity contribution < 1.29 is 14.0 Å². The number of piperazine rings is 1. The van der Waals surface area contributed by atoms with Crippen LogP contribution in [0.3, 0.4) is 0 Å². The number of halogens is 1. The third-order valence-corrected chi connectivity index (χ3v) is 7.87. The van der Waals surface area contributed by atoms with E-state index in [0.29, 0.717) is 38.3 Å². The largest absolute Gasteiger partial charge is 0.338 e. The van der Waals surface area contributed by atoms with Crippen LogP contribution in [0.5, 0.6) is 0 Å². The van der Waals surface area contributed by atoms with Gasteiger partial charge in [0.15, 0.2) is 0 Å². The molecule has 1 fully saturated rings. The minimum Gasteiger partial charge on any atom is -0.338 e. The molecule has 2 aromatic carbocycles. The Morgan fingerprint density at radius 2 is 1.71 bits per heavy atom. The molecule has 1 atom stereocenters. The first-order valence-corrected chi connectivity index (χ1v) is 12.6. The van der Waals surface area contributed by atoms with Crippen LogP contribution in [0.25, 0.3) is 0 Å². The molecule has 0 bridgehead atoms. The lowest BCUT2D eigenvalue weighted by Crippen LogP contribution is -2.53. The number of carbonyl (C=O) groups is 2. The van der Waals surface area contributed by atoms with E-state index in [-0.39, 0.29) is 17.9 Å². The second-order valence-corrected chi connectivity index (χ2v) is 9.96. The second-order valence-electron chi connectivity index (χ2n) is 8.96. The Bertz CT molecular complexity index is 1200. The molecule has 5 rings (SSSR count). The highest BCUT2D eigenvalue weighted by atomic mass is 32.1. The van der Waals surface area contributed by atoms with Crippen molar-refractivity contribution in [3.05, 3.63) is 92.9 Å². The van der Waals surface area contributed by atoms with Gasteiger partial charge >= 0.3 is 0 Å². The summed E-state index contributed by atoms with van der Waals surface area (Å²) in [7, 11) is 0. The molecule has 2 aliphatic rings. The lowest BCUT2D eigenvalue weighted by Gasteiger charge is -2.39. The average molecular weight is 478 g/mol. The van der Waals surface area contributed by atoms with E-state index in [1.165, 1.54) is 33.7 Å². The van der Waals surface area contributed by atoms with E-state index in [9.17, 15) is 14.0 Å². The fraction of sp³-hybridized carbons (Fsp3) is 0.333. The molecule has 0 radical (unpaired) electrons. The molecule has 0 unspecified atom stereocenters. The summed E-state index contributed by atoms with van der Waals surface area (Å²) in [5, 5.41) is 2.15. The zero-order valence-electron chi connectivity index (χ0n) is 19.2. The van der Waals surface area contributed by atoms with E-state index < -0.39 is 5.82 Å². The summed E-state index contributed by atoms with van der Waals surface area (Å²) in [6.45, 7) is 5.22. The number of hydrogen-bond donors (Lipinski definition) is 0. The minimum atomic E-state index is -0.418. The van der Waals surface area contributed by atoms with Crippen LogP contribution in [-0.4, -0.2) is 65.8 Å². The molecule has 2 aliphatic heterocycles. The van der Waals surface area contributed by atoms with Crippen LogP contribution >= 0.6 is 11.3 Å². The number of thiophene rings is 1. The molecule has 0 aliphatic carbocycles. The van der Waals surface area contributed by atoms with E-state index in [4.69, 9.17) is 0 Å². The van der Waals surface area contributed by atoms with Gasteiger partial charge in [0.25, 0.3) is 5.91 Å². The number of rotatable bonds is 4. The molecular weight excluding hydrogens is 449 g/mol. The molecule has 34 heavy (non-hydrogen) atoms. The van der Waals surface area contributed by atoms with Gasteiger partial charge in [-0.3, -0.25) is 14.5 Å². The summed E-state index contributed by atoms with van der Waals surface area (Å²) in [5.41, 5.74) is 4.14.